The van der Waals surface area contributed by atoms with Gasteiger partial charge in [-0.3, -0.25) is 0 Å². The molecule has 0 saturated carbocycles. The zero-order chi connectivity index (χ0) is 13.3. The van der Waals surface area contributed by atoms with Gasteiger partial charge in [-0.05, 0) is 32.8 Å². The minimum atomic E-state index is -0.392. The normalized spacial score (nSPS) is 14.5. The van der Waals surface area contributed by atoms with E-state index in [9.17, 15) is 0 Å². The molecule has 0 spiro atoms. The first-order chi connectivity index (χ1) is 8.44. The number of aromatic amines is 1. The Morgan fingerprint density at radius 1 is 1.33 bits per heavy atom. The summed E-state index contributed by atoms with van der Waals surface area (Å²) < 4.78 is 0. The van der Waals surface area contributed by atoms with Gasteiger partial charge in [0, 0.05) is 5.56 Å². The first-order valence-corrected chi connectivity index (χ1v) is 6.36. The van der Waals surface area contributed by atoms with E-state index in [1.807, 2.05) is 13.1 Å². The summed E-state index contributed by atoms with van der Waals surface area (Å²) in [6, 6.07) is 6.42. The van der Waals surface area contributed by atoms with Crippen LogP contribution in [-0.2, 0) is 5.54 Å². The molecule has 1 aromatic carbocycles. The topological polar surface area (TPSA) is 54.7 Å². The lowest BCUT2D eigenvalue weighted by molar-refractivity contribution is 0.450. The van der Waals surface area contributed by atoms with E-state index in [1.165, 1.54) is 16.7 Å². The van der Waals surface area contributed by atoms with Gasteiger partial charge < -0.3 is 10.7 Å². The molecule has 3 nitrogen and oxygen atoms in total. The maximum atomic E-state index is 6.20. The van der Waals surface area contributed by atoms with Gasteiger partial charge in [0.2, 0.25) is 0 Å². The van der Waals surface area contributed by atoms with Crippen molar-refractivity contribution in [2.45, 2.75) is 39.7 Å². The van der Waals surface area contributed by atoms with E-state index in [-0.39, 0.29) is 0 Å². The highest BCUT2D eigenvalue weighted by Gasteiger charge is 2.22. The Balaban J connectivity index is 2.41. The number of nitrogens with one attached hydrogen (secondary N) is 1. The maximum absolute atomic E-state index is 6.20. The molecule has 2 rings (SSSR count). The van der Waals surface area contributed by atoms with E-state index in [0.29, 0.717) is 0 Å². The van der Waals surface area contributed by atoms with E-state index in [0.717, 1.165) is 17.9 Å². The maximum Gasteiger partial charge on any atom is 0.126 e. The quantitative estimate of drug-likeness (QED) is 0.869. The molecule has 3 heteroatoms. The van der Waals surface area contributed by atoms with Crippen molar-refractivity contribution in [1.82, 2.24) is 9.97 Å². The third-order valence-electron chi connectivity index (χ3n) is 3.52. The molecule has 0 aliphatic carbocycles. The van der Waals surface area contributed by atoms with Gasteiger partial charge in [0.15, 0.2) is 0 Å². The van der Waals surface area contributed by atoms with Crippen LogP contribution < -0.4 is 5.73 Å². The second-order valence-electron chi connectivity index (χ2n) is 5.23. The van der Waals surface area contributed by atoms with Gasteiger partial charge in [-0.1, -0.05) is 30.7 Å². The molecule has 18 heavy (non-hydrogen) atoms. The molecule has 0 bridgehead atoms. The molecule has 3 N–H and O–H groups in total. The number of nitrogens with two attached hydrogens (primary N) is 1. The molecule has 1 atom stereocenters. The summed E-state index contributed by atoms with van der Waals surface area (Å²) in [6.45, 7) is 8.28. The molecule has 1 unspecified atom stereocenters. The lowest BCUT2D eigenvalue weighted by Gasteiger charge is -2.19. The second-order valence-corrected chi connectivity index (χ2v) is 5.23. The van der Waals surface area contributed by atoms with Gasteiger partial charge >= 0.3 is 0 Å². The SMILES string of the molecule is CCC(C)(N)c1ncc(-c2ccc(C)cc2C)[nH]1. The Morgan fingerprint density at radius 3 is 2.67 bits per heavy atom. The van der Waals surface area contributed by atoms with Crippen LogP contribution in [0.4, 0.5) is 0 Å². The van der Waals surface area contributed by atoms with Gasteiger partial charge in [0.25, 0.3) is 0 Å². The lowest BCUT2D eigenvalue weighted by atomic mass is 10.00. The Bertz CT molecular complexity index is 553. The van der Waals surface area contributed by atoms with Crippen LogP contribution in [0.25, 0.3) is 11.3 Å². The molecule has 0 aliphatic rings. The molecule has 0 amide bonds. The number of hydrogen-bond donors (Lipinski definition) is 2. The Morgan fingerprint density at radius 2 is 2.06 bits per heavy atom. The standard InChI is InChI=1S/C15H21N3/c1-5-15(4,16)14-17-9-13(18-14)12-7-6-10(2)8-11(12)3/h6-9H,5,16H2,1-4H3,(H,17,18). The van der Waals surface area contributed by atoms with Crippen molar-refractivity contribution >= 4 is 0 Å². The molecular formula is C15H21N3. The summed E-state index contributed by atoms with van der Waals surface area (Å²) in [6.07, 6.45) is 2.72. The van der Waals surface area contributed by atoms with E-state index < -0.39 is 5.54 Å². The molecule has 1 aromatic heterocycles. The molecule has 0 aliphatic heterocycles. The lowest BCUT2D eigenvalue weighted by Crippen LogP contribution is -2.33. The Labute approximate surface area is 108 Å². The number of aromatic nitrogens is 2. The third kappa shape index (κ3) is 2.31. The smallest absolute Gasteiger partial charge is 0.126 e. The van der Waals surface area contributed by atoms with Crippen molar-refractivity contribution in [3.05, 3.63) is 41.3 Å². The van der Waals surface area contributed by atoms with E-state index >= 15 is 0 Å². The van der Waals surface area contributed by atoms with E-state index in [1.54, 1.807) is 0 Å². The molecule has 1 heterocycles. The van der Waals surface area contributed by atoms with Crippen LogP contribution in [0.5, 0.6) is 0 Å². The first kappa shape index (κ1) is 12.8. The summed E-state index contributed by atoms with van der Waals surface area (Å²) in [5.41, 5.74) is 10.5. The second kappa shape index (κ2) is 4.58. The van der Waals surface area contributed by atoms with Crippen LogP contribution >= 0.6 is 0 Å². The number of hydrogen-bond acceptors (Lipinski definition) is 2. The van der Waals surface area contributed by atoms with Crippen LogP contribution in [0.2, 0.25) is 0 Å². The van der Waals surface area contributed by atoms with Gasteiger partial charge in [-0.25, -0.2) is 4.98 Å². The molecule has 0 saturated heterocycles. The van der Waals surface area contributed by atoms with Gasteiger partial charge in [-0.15, -0.1) is 0 Å². The highest BCUT2D eigenvalue weighted by Crippen LogP contribution is 2.25. The summed E-state index contributed by atoms with van der Waals surface area (Å²) >= 11 is 0. The molecule has 96 valence electrons. The van der Waals surface area contributed by atoms with Crippen LogP contribution in [0.1, 0.15) is 37.2 Å². The molecule has 2 aromatic rings. The third-order valence-corrected chi connectivity index (χ3v) is 3.52. The molecular weight excluding hydrogens is 222 g/mol. The Hall–Kier alpha value is -1.61. The van der Waals surface area contributed by atoms with Crippen LogP contribution in [0, 0.1) is 13.8 Å². The average molecular weight is 243 g/mol. The fraction of sp³-hybridized carbons (Fsp3) is 0.400. The highest BCUT2D eigenvalue weighted by molar-refractivity contribution is 5.63. The van der Waals surface area contributed by atoms with Crippen molar-refractivity contribution in [2.75, 3.05) is 0 Å². The van der Waals surface area contributed by atoms with Crippen molar-refractivity contribution in [3.8, 4) is 11.3 Å². The summed E-state index contributed by atoms with van der Waals surface area (Å²) in [5, 5.41) is 0. The van der Waals surface area contributed by atoms with Crippen LogP contribution in [0.15, 0.2) is 24.4 Å². The van der Waals surface area contributed by atoms with Crippen LogP contribution in [-0.4, -0.2) is 9.97 Å². The van der Waals surface area contributed by atoms with Crippen molar-refractivity contribution in [3.63, 3.8) is 0 Å². The predicted molar refractivity (Wildman–Crippen MR) is 75.3 cm³/mol. The summed E-state index contributed by atoms with van der Waals surface area (Å²) in [4.78, 5) is 7.76. The zero-order valence-electron chi connectivity index (χ0n) is 11.5. The molecule has 0 radical (unpaired) electrons. The molecule has 0 fully saturated rings. The number of imidazole rings is 1. The van der Waals surface area contributed by atoms with E-state index in [2.05, 4.69) is 48.9 Å². The fourth-order valence-corrected chi connectivity index (χ4v) is 2.03. The number of nitrogens with zero attached hydrogens (tertiary/aromatic N) is 1. The van der Waals surface area contributed by atoms with Crippen molar-refractivity contribution < 1.29 is 0 Å². The predicted octanol–water partition coefficient (Wildman–Crippen LogP) is 3.28. The van der Waals surface area contributed by atoms with E-state index in [4.69, 9.17) is 5.73 Å². The first-order valence-electron chi connectivity index (χ1n) is 6.36. The largest absolute Gasteiger partial charge is 0.340 e. The average Bonchev–Trinajstić information content (AvgIpc) is 2.79. The minimum absolute atomic E-state index is 0.392. The highest BCUT2D eigenvalue weighted by atomic mass is 15.0. The number of rotatable bonds is 3. The minimum Gasteiger partial charge on any atom is -0.340 e. The summed E-state index contributed by atoms with van der Waals surface area (Å²) in [7, 11) is 0. The Kier molecular flexibility index (Phi) is 3.26. The van der Waals surface area contributed by atoms with Gasteiger partial charge in [-0.2, -0.15) is 0 Å². The van der Waals surface area contributed by atoms with Crippen LogP contribution in [0.3, 0.4) is 0 Å². The summed E-state index contributed by atoms with van der Waals surface area (Å²) in [5.74, 6) is 0.847. The van der Waals surface area contributed by atoms with Gasteiger partial charge in [0.05, 0.1) is 17.4 Å². The number of benzene rings is 1. The monoisotopic (exact) mass is 243 g/mol. The zero-order valence-corrected chi connectivity index (χ0v) is 11.5. The van der Waals surface area contributed by atoms with Gasteiger partial charge in [0.1, 0.15) is 5.82 Å². The van der Waals surface area contributed by atoms with Crippen molar-refractivity contribution in [2.24, 2.45) is 5.73 Å². The van der Waals surface area contributed by atoms with Crippen molar-refractivity contribution in [1.29, 1.82) is 0 Å². The number of H-pyrrole nitrogens is 1. The fourth-order valence-electron chi connectivity index (χ4n) is 2.03. The number of aryl methyl sites for hydroxylation is 2.